The van der Waals surface area contributed by atoms with Crippen LogP contribution in [0.25, 0.3) is 0 Å². The van der Waals surface area contributed by atoms with Crippen molar-refractivity contribution >= 4 is 5.69 Å². The summed E-state index contributed by atoms with van der Waals surface area (Å²) in [5.74, 6) is 0. The summed E-state index contributed by atoms with van der Waals surface area (Å²) in [7, 11) is 0. The fraction of sp³-hybridized carbons (Fsp3) is 0.273. The molecule has 1 atom stereocenters. The Labute approximate surface area is 78.9 Å². The third-order valence-corrected chi connectivity index (χ3v) is 1.81. The predicted molar refractivity (Wildman–Crippen MR) is 55.9 cm³/mol. The van der Waals surface area contributed by atoms with Crippen LogP contribution in [0.2, 0.25) is 0 Å². The Bertz CT molecular complexity index is 283. The summed E-state index contributed by atoms with van der Waals surface area (Å²) < 4.78 is 0. The van der Waals surface area contributed by atoms with Crippen LogP contribution in [0.15, 0.2) is 36.9 Å². The Balaban J connectivity index is 2.49. The molecule has 13 heavy (non-hydrogen) atoms. The topological polar surface area (TPSA) is 32.3 Å². The minimum atomic E-state index is -0.486. The van der Waals surface area contributed by atoms with Crippen molar-refractivity contribution in [3.8, 4) is 0 Å². The van der Waals surface area contributed by atoms with Gasteiger partial charge in [-0.25, -0.2) is 0 Å². The molecule has 2 nitrogen and oxygen atoms in total. The van der Waals surface area contributed by atoms with E-state index in [1.165, 1.54) is 11.6 Å². The first-order valence-electron chi connectivity index (χ1n) is 4.33. The summed E-state index contributed by atoms with van der Waals surface area (Å²) in [6, 6.07) is 8.03. The van der Waals surface area contributed by atoms with Crippen molar-refractivity contribution in [2.24, 2.45) is 0 Å². The van der Waals surface area contributed by atoms with Crippen molar-refractivity contribution in [3.63, 3.8) is 0 Å². The average molecular weight is 177 g/mol. The van der Waals surface area contributed by atoms with Crippen molar-refractivity contribution in [1.29, 1.82) is 0 Å². The smallest absolute Gasteiger partial charge is 0.0890 e. The Kier molecular flexibility index (Phi) is 3.53. The molecule has 0 saturated carbocycles. The fourth-order valence-corrected chi connectivity index (χ4v) is 1.06. The van der Waals surface area contributed by atoms with E-state index in [0.717, 1.165) is 5.69 Å². The molecule has 1 aromatic rings. The van der Waals surface area contributed by atoms with Crippen molar-refractivity contribution in [1.82, 2.24) is 0 Å². The molecular weight excluding hydrogens is 162 g/mol. The number of aliphatic hydroxyl groups is 1. The molecule has 0 spiro atoms. The molecule has 0 aliphatic carbocycles. The highest BCUT2D eigenvalue weighted by atomic mass is 16.3. The summed E-state index contributed by atoms with van der Waals surface area (Å²) in [6.45, 7) is 6.04. The van der Waals surface area contributed by atoms with Crippen LogP contribution in [0.3, 0.4) is 0 Å². The molecule has 1 rings (SSSR count). The number of hydrogen-bond acceptors (Lipinski definition) is 2. The SMILES string of the molecule is C=CC(O)CNc1cccc(C)c1. The van der Waals surface area contributed by atoms with Crippen LogP contribution in [0.1, 0.15) is 5.56 Å². The number of rotatable bonds is 4. The lowest BCUT2D eigenvalue weighted by Gasteiger charge is -2.09. The Hall–Kier alpha value is -1.28. The highest BCUT2D eigenvalue weighted by Gasteiger charge is 1.97. The average Bonchev–Trinajstić information content (AvgIpc) is 2.14. The van der Waals surface area contributed by atoms with E-state index in [2.05, 4.69) is 11.9 Å². The van der Waals surface area contributed by atoms with Crippen LogP contribution in [0, 0.1) is 6.92 Å². The van der Waals surface area contributed by atoms with Crippen LogP contribution in [-0.2, 0) is 0 Å². The molecule has 0 heterocycles. The second-order valence-corrected chi connectivity index (χ2v) is 3.05. The van der Waals surface area contributed by atoms with E-state index in [9.17, 15) is 5.11 Å². The van der Waals surface area contributed by atoms with Gasteiger partial charge in [-0.05, 0) is 24.6 Å². The zero-order valence-electron chi connectivity index (χ0n) is 7.83. The first-order chi connectivity index (χ1) is 6.22. The van der Waals surface area contributed by atoms with E-state index in [1.807, 2.05) is 31.2 Å². The van der Waals surface area contributed by atoms with Crippen molar-refractivity contribution < 1.29 is 5.11 Å². The van der Waals surface area contributed by atoms with Crippen LogP contribution in [0.5, 0.6) is 0 Å². The second kappa shape index (κ2) is 4.67. The van der Waals surface area contributed by atoms with Gasteiger partial charge in [0.05, 0.1) is 6.10 Å². The lowest BCUT2D eigenvalue weighted by Crippen LogP contribution is -2.16. The van der Waals surface area contributed by atoms with E-state index in [1.54, 1.807) is 0 Å². The van der Waals surface area contributed by atoms with Crippen LogP contribution in [0.4, 0.5) is 5.69 Å². The number of aliphatic hydroxyl groups excluding tert-OH is 1. The van der Waals surface area contributed by atoms with E-state index in [0.29, 0.717) is 6.54 Å². The summed E-state index contributed by atoms with van der Waals surface area (Å²) in [5.41, 5.74) is 2.24. The Morgan fingerprint density at radius 3 is 3.00 bits per heavy atom. The normalized spacial score (nSPS) is 12.2. The molecule has 0 bridgehead atoms. The standard InChI is InChI=1S/C11H15NO/c1-3-11(13)8-12-10-6-4-5-9(2)7-10/h3-7,11-13H,1,8H2,2H3. The van der Waals surface area contributed by atoms with Gasteiger partial charge in [0.15, 0.2) is 0 Å². The van der Waals surface area contributed by atoms with E-state index in [4.69, 9.17) is 0 Å². The Morgan fingerprint density at radius 1 is 1.62 bits per heavy atom. The number of benzene rings is 1. The summed E-state index contributed by atoms with van der Waals surface area (Å²) in [6.07, 6.45) is 1.03. The molecule has 0 fully saturated rings. The van der Waals surface area contributed by atoms with Gasteiger partial charge in [-0.2, -0.15) is 0 Å². The van der Waals surface area contributed by atoms with Gasteiger partial charge >= 0.3 is 0 Å². The zero-order valence-corrected chi connectivity index (χ0v) is 7.83. The second-order valence-electron chi connectivity index (χ2n) is 3.05. The van der Waals surface area contributed by atoms with Gasteiger partial charge in [0.25, 0.3) is 0 Å². The third-order valence-electron chi connectivity index (χ3n) is 1.81. The number of aryl methyl sites for hydroxylation is 1. The zero-order chi connectivity index (χ0) is 9.68. The summed E-state index contributed by atoms with van der Waals surface area (Å²) >= 11 is 0. The summed E-state index contributed by atoms with van der Waals surface area (Å²) in [5, 5.41) is 12.3. The maximum Gasteiger partial charge on any atom is 0.0890 e. The molecule has 0 radical (unpaired) electrons. The van der Waals surface area contributed by atoms with Gasteiger partial charge in [0, 0.05) is 12.2 Å². The van der Waals surface area contributed by atoms with Gasteiger partial charge in [-0.3, -0.25) is 0 Å². The lowest BCUT2D eigenvalue weighted by atomic mass is 10.2. The number of anilines is 1. The third kappa shape index (κ3) is 3.30. The molecule has 70 valence electrons. The molecule has 2 N–H and O–H groups in total. The molecule has 2 heteroatoms. The fourth-order valence-electron chi connectivity index (χ4n) is 1.06. The molecule has 0 aliphatic rings. The minimum absolute atomic E-state index is 0.486. The molecule has 0 saturated heterocycles. The van der Waals surface area contributed by atoms with Gasteiger partial charge in [0.1, 0.15) is 0 Å². The van der Waals surface area contributed by atoms with E-state index in [-0.39, 0.29) is 0 Å². The molecule has 0 aromatic heterocycles. The highest BCUT2D eigenvalue weighted by molar-refractivity contribution is 5.45. The van der Waals surface area contributed by atoms with Gasteiger partial charge in [-0.1, -0.05) is 18.2 Å². The highest BCUT2D eigenvalue weighted by Crippen LogP contribution is 2.09. The Morgan fingerprint density at radius 2 is 2.38 bits per heavy atom. The van der Waals surface area contributed by atoms with E-state index < -0.39 is 6.10 Å². The van der Waals surface area contributed by atoms with Crippen LogP contribution >= 0.6 is 0 Å². The maximum atomic E-state index is 9.21. The first-order valence-corrected chi connectivity index (χ1v) is 4.33. The van der Waals surface area contributed by atoms with Crippen molar-refractivity contribution in [2.75, 3.05) is 11.9 Å². The maximum absolute atomic E-state index is 9.21. The molecule has 0 amide bonds. The van der Waals surface area contributed by atoms with Gasteiger partial charge in [-0.15, -0.1) is 6.58 Å². The molecular formula is C11H15NO. The van der Waals surface area contributed by atoms with Crippen molar-refractivity contribution in [2.45, 2.75) is 13.0 Å². The van der Waals surface area contributed by atoms with E-state index >= 15 is 0 Å². The van der Waals surface area contributed by atoms with Crippen LogP contribution in [-0.4, -0.2) is 17.8 Å². The first kappa shape index (κ1) is 9.81. The molecule has 1 unspecified atom stereocenters. The molecule has 0 aliphatic heterocycles. The minimum Gasteiger partial charge on any atom is -0.387 e. The lowest BCUT2D eigenvalue weighted by molar-refractivity contribution is 0.237. The van der Waals surface area contributed by atoms with Crippen LogP contribution < -0.4 is 5.32 Å². The summed E-state index contributed by atoms with van der Waals surface area (Å²) in [4.78, 5) is 0. The monoisotopic (exact) mass is 177 g/mol. The number of hydrogen-bond donors (Lipinski definition) is 2. The largest absolute Gasteiger partial charge is 0.387 e. The quantitative estimate of drug-likeness (QED) is 0.689. The molecule has 1 aromatic carbocycles. The predicted octanol–water partition coefficient (Wildman–Crippen LogP) is 1.95. The number of nitrogens with one attached hydrogen (secondary N) is 1. The van der Waals surface area contributed by atoms with Gasteiger partial charge < -0.3 is 10.4 Å². The van der Waals surface area contributed by atoms with Gasteiger partial charge in [0.2, 0.25) is 0 Å². The van der Waals surface area contributed by atoms with Crippen molar-refractivity contribution in [3.05, 3.63) is 42.5 Å².